The number of benzene rings is 1. The number of nitrogens with zero attached hydrogens (tertiary/aromatic N) is 2. The van der Waals surface area contributed by atoms with E-state index in [1.54, 1.807) is 5.57 Å². The molecule has 4 aliphatic rings. The Bertz CT molecular complexity index is 1290. The van der Waals surface area contributed by atoms with Gasteiger partial charge in [0.2, 0.25) is 0 Å². The summed E-state index contributed by atoms with van der Waals surface area (Å²) in [4.78, 5) is 17.7. The fourth-order valence-electron chi connectivity index (χ4n) is 8.09. The van der Waals surface area contributed by atoms with Crippen LogP contribution in [0.1, 0.15) is 74.1 Å². The zero-order chi connectivity index (χ0) is 25.2. The van der Waals surface area contributed by atoms with Crippen molar-refractivity contribution < 1.29 is 4.79 Å². The number of anilines is 2. The molecule has 6 nitrogen and oxygen atoms in total. The van der Waals surface area contributed by atoms with E-state index >= 15 is 0 Å². The summed E-state index contributed by atoms with van der Waals surface area (Å²) in [5.74, 6) is 1.97. The lowest BCUT2D eigenvalue weighted by atomic mass is 9.48. The number of aryl methyl sites for hydroxylation is 3. The first-order valence-electron chi connectivity index (χ1n) is 13.4. The van der Waals surface area contributed by atoms with Gasteiger partial charge in [0.05, 0.1) is 10.6 Å². The SMILES string of the molecule is Cc1ccc(Nc2nc3c(s2)C2=CC[C@@H]4[C@H](CC[C@]5(C)/C(=N/NC(N)=O)CC[C@@H]45)[C@@]2(C)CC3)c(C)c1. The lowest BCUT2D eigenvalue weighted by Crippen LogP contribution is -2.49. The third-order valence-electron chi connectivity index (χ3n) is 9.95. The van der Waals surface area contributed by atoms with Crippen molar-refractivity contribution >= 4 is 39.5 Å². The number of rotatable bonds is 3. The Balaban J connectivity index is 1.29. The number of allylic oxidation sites excluding steroid dienone is 2. The van der Waals surface area contributed by atoms with Crippen LogP contribution in [-0.4, -0.2) is 16.7 Å². The molecule has 0 bridgehead atoms. The second kappa shape index (κ2) is 8.44. The van der Waals surface area contributed by atoms with Gasteiger partial charge >= 0.3 is 6.03 Å². The van der Waals surface area contributed by atoms with Crippen molar-refractivity contribution in [2.24, 2.45) is 39.4 Å². The van der Waals surface area contributed by atoms with Crippen molar-refractivity contribution in [3.05, 3.63) is 46.0 Å². The molecule has 36 heavy (non-hydrogen) atoms. The monoisotopic (exact) mass is 503 g/mol. The van der Waals surface area contributed by atoms with Crippen molar-refractivity contribution in [3.63, 3.8) is 0 Å². The zero-order valence-corrected chi connectivity index (χ0v) is 22.6. The number of hydrogen-bond acceptors (Lipinski definition) is 5. The van der Waals surface area contributed by atoms with Gasteiger partial charge in [-0.3, -0.25) is 0 Å². The molecular formula is C29H37N5OS. The first-order chi connectivity index (χ1) is 17.2. The Hall–Kier alpha value is -2.67. The summed E-state index contributed by atoms with van der Waals surface area (Å²) in [6.45, 7) is 9.19. The average Bonchev–Trinajstić information content (AvgIpc) is 3.39. The normalized spacial score (nSPS) is 33.7. The Morgan fingerprint density at radius 3 is 2.72 bits per heavy atom. The Morgan fingerprint density at radius 1 is 1.14 bits per heavy atom. The highest BCUT2D eigenvalue weighted by molar-refractivity contribution is 7.16. The molecule has 7 heteroatoms. The number of amides is 2. The molecule has 1 aromatic heterocycles. The van der Waals surface area contributed by atoms with Gasteiger partial charge in [-0.15, -0.1) is 0 Å². The van der Waals surface area contributed by atoms with Crippen LogP contribution < -0.4 is 16.5 Å². The quantitative estimate of drug-likeness (QED) is 0.406. The van der Waals surface area contributed by atoms with E-state index in [1.807, 2.05) is 11.3 Å². The van der Waals surface area contributed by atoms with Crippen LogP contribution in [0.5, 0.6) is 0 Å². The highest BCUT2D eigenvalue weighted by Gasteiger charge is 2.58. The van der Waals surface area contributed by atoms with Crippen molar-refractivity contribution in [3.8, 4) is 0 Å². The topological polar surface area (TPSA) is 92.4 Å². The second-order valence-corrected chi connectivity index (χ2v) is 12.9. The van der Waals surface area contributed by atoms with E-state index in [9.17, 15) is 4.79 Å². The third-order valence-corrected chi connectivity index (χ3v) is 11.0. The number of nitrogens with two attached hydrogens (primary N) is 1. The number of primary amides is 1. The van der Waals surface area contributed by atoms with Crippen LogP contribution in [0, 0.1) is 42.4 Å². The molecule has 4 N–H and O–H groups in total. The predicted octanol–water partition coefficient (Wildman–Crippen LogP) is 6.71. The third kappa shape index (κ3) is 3.61. The van der Waals surface area contributed by atoms with E-state index < -0.39 is 6.03 Å². The van der Waals surface area contributed by atoms with Crippen LogP contribution >= 0.6 is 11.3 Å². The number of carbonyl (C=O) groups excluding carboxylic acids is 1. The molecule has 2 aromatic rings. The smallest absolute Gasteiger partial charge is 0.332 e. The fourth-order valence-corrected chi connectivity index (χ4v) is 9.30. The van der Waals surface area contributed by atoms with E-state index in [4.69, 9.17) is 10.7 Å². The number of hydrazone groups is 1. The molecular weight excluding hydrogens is 466 g/mol. The molecule has 1 aromatic carbocycles. The molecule has 0 radical (unpaired) electrons. The van der Waals surface area contributed by atoms with Crippen LogP contribution in [-0.2, 0) is 6.42 Å². The zero-order valence-electron chi connectivity index (χ0n) is 21.8. The van der Waals surface area contributed by atoms with Crippen LogP contribution in [0.4, 0.5) is 15.6 Å². The molecule has 4 aliphatic carbocycles. The Morgan fingerprint density at radius 2 is 1.94 bits per heavy atom. The minimum absolute atomic E-state index is 0.0681. The number of urea groups is 1. The molecule has 2 fully saturated rings. The Labute approximate surface area is 217 Å². The molecule has 190 valence electrons. The van der Waals surface area contributed by atoms with Gasteiger partial charge in [-0.25, -0.2) is 15.2 Å². The van der Waals surface area contributed by atoms with Gasteiger partial charge in [0.25, 0.3) is 0 Å². The number of aromatic nitrogens is 1. The number of carbonyl (C=O) groups is 1. The maximum Gasteiger partial charge on any atom is 0.332 e. The standard InChI is InChI=1S/C29H37N5OS/c1-16-5-9-22(17(2)15-16)31-27-32-23-12-14-28(3)20-11-13-29(4)19(8-10-24(29)33-34-26(30)35)18(20)6-7-21(28)25(23)36-27/h5,7,9,15,18-20H,6,8,10-14H2,1-4H3,(H,31,32)(H3,30,34,35)/b33-24+/t18-,19-,20-,28+,29-/m0/s1. The van der Waals surface area contributed by atoms with E-state index in [1.165, 1.54) is 34.5 Å². The molecule has 0 unspecified atom stereocenters. The van der Waals surface area contributed by atoms with Crippen LogP contribution in [0.3, 0.4) is 0 Å². The number of nitrogens with one attached hydrogen (secondary N) is 2. The summed E-state index contributed by atoms with van der Waals surface area (Å²) in [6.07, 6.45) is 10.4. The molecule has 1 heterocycles. The lowest BCUT2D eigenvalue weighted by molar-refractivity contribution is 0.0116. The molecule has 0 aliphatic heterocycles. The predicted molar refractivity (Wildman–Crippen MR) is 148 cm³/mol. The molecule has 2 amide bonds. The highest BCUT2D eigenvalue weighted by Crippen LogP contribution is 2.65. The van der Waals surface area contributed by atoms with Crippen molar-refractivity contribution in [2.45, 2.75) is 72.6 Å². The summed E-state index contributed by atoms with van der Waals surface area (Å²) >= 11 is 1.83. The van der Waals surface area contributed by atoms with Gasteiger partial charge in [-0.1, -0.05) is 49.0 Å². The van der Waals surface area contributed by atoms with E-state index in [2.05, 4.69) is 67.8 Å². The van der Waals surface area contributed by atoms with E-state index in [-0.39, 0.29) is 10.8 Å². The summed E-state index contributed by atoms with van der Waals surface area (Å²) in [6, 6.07) is 5.96. The van der Waals surface area contributed by atoms with Crippen LogP contribution in [0.25, 0.3) is 5.57 Å². The van der Waals surface area contributed by atoms with E-state index in [0.29, 0.717) is 17.8 Å². The molecule has 6 rings (SSSR count). The lowest BCUT2D eigenvalue weighted by Gasteiger charge is -2.56. The largest absolute Gasteiger partial charge is 0.350 e. The van der Waals surface area contributed by atoms with Gasteiger partial charge in [0.1, 0.15) is 0 Å². The van der Waals surface area contributed by atoms with Crippen molar-refractivity contribution in [2.75, 3.05) is 5.32 Å². The van der Waals surface area contributed by atoms with Gasteiger partial charge in [-0.05, 0) is 99.2 Å². The van der Waals surface area contributed by atoms with Gasteiger partial charge in [-0.2, -0.15) is 5.10 Å². The number of hydrogen-bond donors (Lipinski definition) is 3. The summed E-state index contributed by atoms with van der Waals surface area (Å²) < 4.78 is 0. The molecule has 0 saturated heterocycles. The minimum atomic E-state index is -0.574. The minimum Gasteiger partial charge on any atom is -0.350 e. The maximum atomic E-state index is 11.3. The second-order valence-electron chi connectivity index (χ2n) is 11.9. The van der Waals surface area contributed by atoms with Crippen LogP contribution in [0.2, 0.25) is 0 Å². The fraction of sp³-hybridized carbons (Fsp3) is 0.552. The summed E-state index contributed by atoms with van der Waals surface area (Å²) in [7, 11) is 0. The van der Waals surface area contributed by atoms with Crippen molar-refractivity contribution in [1.29, 1.82) is 0 Å². The first-order valence-corrected chi connectivity index (χ1v) is 14.2. The first kappa shape index (κ1) is 23.7. The van der Waals surface area contributed by atoms with E-state index in [0.717, 1.165) is 48.6 Å². The van der Waals surface area contributed by atoms with Crippen molar-refractivity contribution in [1.82, 2.24) is 10.4 Å². The summed E-state index contributed by atoms with van der Waals surface area (Å²) in [5.41, 5.74) is 15.7. The van der Waals surface area contributed by atoms with Crippen LogP contribution in [0.15, 0.2) is 29.4 Å². The number of fused-ring (bicyclic) bond motifs is 7. The Kier molecular flexibility index (Phi) is 5.56. The molecule has 0 spiro atoms. The highest BCUT2D eigenvalue weighted by atomic mass is 32.1. The van der Waals surface area contributed by atoms with Gasteiger partial charge < -0.3 is 11.1 Å². The van der Waals surface area contributed by atoms with Gasteiger partial charge in [0.15, 0.2) is 5.13 Å². The summed E-state index contributed by atoms with van der Waals surface area (Å²) in [5, 5.41) is 9.07. The molecule has 2 saturated carbocycles. The molecule has 5 atom stereocenters. The van der Waals surface area contributed by atoms with Gasteiger partial charge in [0, 0.05) is 16.8 Å². The number of thiazole rings is 1. The maximum absolute atomic E-state index is 11.3. The average molecular weight is 504 g/mol.